The van der Waals surface area contributed by atoms with Crippen LogP contribution in [0.3, 0.4) is 0 Å². The molecule has 0 fully saturated rings. The molecule has 0 aromatic carbocycles. The van der Waals surface area contributed by atoms with Crippen LogP contribution in [0.2, 0.25) is 0 Å². The Balaban J connectivity index is 2.02. The SMILES string of the molecule is CCNC1CCCc2nc(-c3c(C)noc3C)sc21. The average Bonchev–Trinajstić information content (AvgIpc) is 2.94. The molecule has 0 aliphatic heterocycles. The summed E-state index contributed by atoms with van der Waals surface area (Å²) in [5.41, 5.74) is 3.27. The fourth-order valence-electron chi connectivity index (χ4n) is 2.76. The second-order valence-electron chi connectivity index (χ2n) is 5.03. The van der Waals surface area contributed by atoms with Crippen molar-refractivity contribution in [1.29, 1.82) is 0 Å². The molecule has 0 bridgehead atoms. The average molecular weight is 277 g/mol. The summed E-state index contributed by atoms with van der Waals surface area (Å²) in [6.07, 6.45) is 3.52. The minimum atomic E-state index is 0.473. The van der Waals surface area contributed by atoms with Crippen molar-refractivity contribution in [1.82, 2.24) is 15.5 Å². The third-order valence-electron chi connectivity index (χ3n) is 3.65. The van der Waals surface area contributed by atoms with Gasteiger partial charge in [0.1, 0.15) is 10.8 Å². The normalized spacial score (nSPS) is 18.6. The van der Waals surface area contributed by atoms with E-state index in [2.05, 4.69) is 17.4 Å². The summed E-state index contributed by atoms with van der Waals surface area (Å²) in [6, 6.07) is 0.473. The highest BCUT2D eigenvalue weighted by Gasteiger charge is 2.26. The molecule has 3 rings (SSSR count). The van der Waals surface area contributed by atoms with Gasteiger partial charge in [0, 0.05) is 10.9 Å². The predicted molar refractivity (Wildman–Crippen MR) is 76.4 cm³/mol. The van der Waals surface area contributed by atoms with Crippen LogP contribution in [0, 0.1) is 13.8 Å². The first-order chi connectivity index (χ1) is 9.20. The lowest BCUT2D eigenvalue weighted by molar-refractivity contribution is 0.393. The molecule has 5 heteroatoms. The topological polar surface area (TPSA) is 51.0 Å². The van der Waals surface area contributed by atoms with Crippen molar-refractivity contribution in [2.75, 3.05) is 6.54 Å². The number of thiazole rings is 1. The third kappa shape index (κ3) is 2.21. The first kappa shape index (κ1) is 12.8. The van der Waals surface area contributed by atoms with Gasteiger partial charge in [0.25, 0.3) is 0 Å². The van der Waals surface area contributed by atoms with Crippen LogP contribution in [0.15, 0.2) is 4.52 Å². The molecule has 0 radical (unpaired) electrons. The third-order valence-corrected chi connectivity index (χ3v) is 4.88. The number of aryl methyl sites for hydroxylation is 3. The highest BCUT2D eigenvalue weighted by Crippen LogP contribution is 2.39. The van der Waals surface area contributed by atoms with Gasteiger partial charge >= 0.3 is 0 Å². The number of nitrogens with one attached hydrogen (secondary N) is 1. The maximum Gasteiger partial charge on any atom is 0.144 e. The molecule has 2 aromatic heterocycles. The molecule has 1 aliphatic carbocycles. The van der Waals surface area contributed by atoms with E-state index in [0.29, 0.717) is 6.04 Å². The van der Waals surface area contributed by atoms with E-state index in [1.54, 1.807) is 11.3 Å². The maximum atomic E-state index is 5.26. The van der Waals surface area contributed by atoms with Crippen molar-refractivity contribution in [3.63, 3.8) is 0 Å². The van der Waals surface area contributed by atoms with Crippen LogP contribution < -0.4 is 5.32 Å². The Bertz CT molecular complexity index is 568. The van der Waals surface area contributed by atoms with Gasteiger partial charge in [0.15, 0.2) is 0 Å². The molecule has 0 saturated carbocycles. The molecule has 0 saturated heterocycles. The second kappa shape index (κ2) is 5.06. The smallest absolute Gasteiger partial charge is 0.144 e. The van der Waals surface area contributed by atoms with Gasteiger partial charge in [-0.2, -0.15) is 0 Å². The lowest BCUT2D eigenvalue weighted by Gasteiger charge is -2.21. The fourth-order valence-corrected chi connectivity index (χ4v) is 4.12. The van der Waals surface area contributed by atoms with Crippen LogP contribution in [-0.4, -0.2) is 16.7 Å². The van der Waals surface area contributed by atoms with Crippen LogP contribution in [0.25, 0.3) is 10.6 Å². The molecular formula is C14H19N3OS. The molecule has 1 N–H and O–H groups in total. The maximum absolute atomic E-state index is 5.26. The minimum absolute atomic E-state index is 0.473. The van der Waals surface area contributed by atoms with E-state index in [9.17, 15) is 0 Å². The molecule has 1 atom stereocenters. The number of fused-ring (bicyclic) bond motifs is 1. The fraction of sp³-hybridized carbons (Fsp3) is 0.571. The van der Waals surface area contributed by atoms with Crippen LogP contribution in [0.5, 0.6) is 0 Å². The highest BCUT2D eigenvalue weighted by molar-refractivity contribution is 7.15. The van der Waals surface area contributed by atoms with E-state index in [4.69, 9.17) is 9.51 Å². The van der Waals surface area contributed by atoms with Gasteiger partial charge in [-0.15, -0.1) is 11.3 Å². The Kier molecular flexibility index (Phi) is 3.41. The Labute approximate surface area is 117 Å². The molecule has 2 heterocycles. The van der Waals surface area contributed by atoms with Crippen molar-refractivity contribution in [2.45, 2.75) is 46.1 Å². The quantitative estimate of drug-likeness (QED) is 0.934. The van der Waals surface area contributed by atoms with Crippen LogP contribution >= 0.6 is 11.3 Å². The van der Waals surface area contributed by atoms with Crippen molar-refractivity contribution in [3.05, 3.63) is 22.0 Å². The summed E-state index contributed by atoms with van der Waals surface area (Å²) in [4.78, 5) is 6.23. The van der Waals surface area contributed by atoms with Crippen LogP contribution in [0.1, 0.15) is 47.8 Å². The zero-order valence-electron chi connectivity index (χ0n) is 11.6. The lowest BCUT2D eigenvalue weighted by Crippen LogP contribution is -2.23. The molecule has 1 unspecified atom stereocenters. The molecule has 102 valence electrons. The van der Waals surface area contributed by atoms with Gasteiger partial charge in [-0.3, -0.25) is 0 Å². The van der Waals surface area contributed by atoms with Gasteiger partial charge < -0.3 is 9.84 Å². The minimum Gasteiger partial charge on any atom is -0.361 e. The van der Waals surface area contributed by atoms with Crippen molar-refractivity contribution in [3.8, 4) is 10.6 Å². The standard InChI is InChI=1S/C14H19N3OS/c1-4-15-10-6-5-7-11-13(10)19-14(16-11)12-8(2)17-18-9(12)3/h10,15H,4-7H2,1-3H3. The first-order valence-corrected chi connectivity index (χ1v) is 7.68. The van der Waals surface area contributed by atoms with E-state index >= 15 is 0 Å². The molecule has 0 spiro atoms. The van der Waals surface area contributed by atoms with E-state index in [1.807, 2.05) is 13.8 Å². The molecule has 19 heavy (non-hydrogen) atoms. The molecule has 2 aromatic rings. The molecule has 1 aliphatic rings. The molecule has 4 nitrogen and oxygen atoms in total. The second-order valence-corrected chi connectivity index (χ2v) is 6.06. The largest absolute Gasteiger partial charge is 0.361 e. The number of nitrogens with zero attached hydrogens (tertiary/aromatic N) is 2. The number of hydrogen-bond donors (Lipinski definition) is 1. The Hall–Kier alpha value is -1.20. The van der Waals surface area contributed by atoms with Gasteiger partial charge in [-0.25, -0.2) is 4.98 Å². The van der Waals surface area contributed by atoms with Crippen LogP contribution in [-0.2, 0) is 6.42 Å². The summed E-state index contributed by atoms with van der Waals surface area (Å²) < 4.78 is 5.26. The van der Waals surface area contributed by atoms with E-state index < -0.39 is 0 Å². The summed E-state index contributed by atoms with van der Waals surface area (Å²) in [5, 5.41) is 8.65. The summed E-state index contributed by atoms with van der Waals surface area (Å²) >= 11 is 1.80. The van der Waals surface area contributed by atoms with E-state index in [0.717, 1.165) is 35.0 Å². The Morgan fingerprint density at radius 3 is 2.95 bits per heavy atom. The predicted octanol–water partition coefficient (Wildman–Crippen LogP) is 3.40. The van der Waals surface area contributed by atoms with Gasteiger partial charge in [-0.05, 0) is 39.7 Å². The lowest BCUT2D eigenvalue weighted by atomic mass is 9.98. The van der Waals surface area contributed by atoms with Crippen molar-refractivity contribution < 1.29 is 4.52 Å². The zero-order chi connectivity index (χ0) is 13.4. The Morgan fingerprint density at radius 1 is 1.42 bits per heavy atom. The van der Waals surface area contributed by atoms with Crippen molar-refractivity contribution in [2.24, 2.45) is 0 Å². The van der Waals surface area contributed by atoms with Crippen molar-refractivity contribution >= 4 is 11.3 Å². The summed E-state index contributed by atoms with van der Waals surface area (Å²) in [7, 11) is 0. The Morgan fingerprint density at radius 2 is 2.26 bits per heavy atom. The molecular weight excluding hydrogens is 258 g/mol. The van der Waals surface area contributed by atoms with Gasteiger partial charge in [0.05, 0.1) is 17.0 Å². The summed E-state index contributed by atoms with van der Waals surface area (Å²) in [5.74, 6) is 0.864. The van der Waals surface area contributed by atoms with E-state index in [1.165, 1.54) is 23.4 Å². The van der Waals surface area contributed by atoms with E-state index in [-0.39, 0.29) is 0 Å². The number of rotatable bonds is 3. The zero-order valence-corrected chi connectivity index (χ0v) is 12.4. The van der Waals surface area contributed by atoms with Gasteiger partial charge in [0.2, 0.25) is 0 Å². The highest BCUT2D eigenvalue weighted by atomic mass is 32.1. The first-order valence-electron chi connectivity index (χ1n) is 6.87. The molecule has 0 amide bonds. The van der Waals surface area contributed by atoms with Gasteiger partial charge in [-0.1, -0.05) is 12.1 Å². The monoisotopic (exact) mass is 277 g/mol. The van der Waals surface area contributed by atoms with Crippen LogP contribution in [0.4, 0.5) is 0 Å². The number of hydrogen-bond acceptors (Lipinski definition) is 5. The number of aromatic nitrogens is 2. The summed E-state index contributed by atoms with van der Waals surface area (Å²) in [6.45, 7) is 7.10.